The lowest BCUT2D eigenvalue weighted by Crippen LogP contribution is -2.09. The molecular weight excluding hydrogens is 240 g/mol. The summed E-state index contributed by atoms with van der Waals surface area (Å²) in [5.41, 5.74) is 0.544. The van der Waals surface area contributed by atoms with E-state index in [2.05, 4.69) is 0 Å². The van der Waals surface area contributed by atoms with E-state index in [9.17, 15) is 4.79 Å². The van der Waals surface area contributed by atoms with Crippen molar-refractivity contribution in [3.63, 3.8) is 0 Å². The lowest BCUT2D eigenvalue weighted by atomic mass is 10.1. The summed E-state index contributed by atoms with van der Waals surface area (Å²) in [6, 6.07) is 13.4. The fourth-order valence-corrected chi connectivity index (χ4v) is 1.81. The summed E-state index contributed by atoms with van der Waals surface area (Å²) in [6.07, 6.45) is 2.59. The van der Waals surface area contributed by atoms with Gasteiger partial charge < -0.3 is 0 Å². The second-order valence-electron chi connectivity index (χ2n) is 4.23. The fraction of sp³-hybridized carbons (Fsp3) is 0.188. The summed E-state index contributed by atoms with van der Waals surface area (Å²) < 4.78 is 0. The number of hydrogen-bond donors (Lipinski definition) is 0. The first-order chi connectivity index (χ1) is 9.22. The van der Waals surface area contributed by atoms with Gasteiger partial charge in [-0.3, -0.25) is 4.89 Å². The van der Waals surface area contributed by atoms with Crippen LogP contribution in [0.25, 0.3) is 10.8 Å². The van der Waals surface area contributed by atoms with Crippen molar-refractivity contribution >= 4 is 16.7 Å². The van der Waals surface area contributed by atoms with Gasteiger partial charge in [-0.05, 0) is 24.8 Å². The Balaban J connectivity index is 2.14. The number of hydrogen-bond acceptors (Lipinski definition) is 3. The normalized spacial score (nSPS) is 11.4. The van der Waals surface area contributed by atoms with Crippen LogP contribution >= 0.6 is 0 Å². The quantitative estimate of drug-likeness (QED) is 0.470. The van der Waals surface area contributed by atoms with Crippen molar-refractivity contribution in [2.45, 2.75) is 20.3 Å². The van der Waals surface area contributed by atoms with Crippen LogP contribution in [0.4, 0.5) is 0 Å². The van der Waals surface area contributed by atoms with Crippen LogP contribution in [0.2, 0.25) is 0 Å². The third-order valence-electron chi connectivity index (χ3n) is 2.79. The Morgan fingerprint density at radius 3 is 2.68 bits per heavy atom. The van der Waals surface area contributed by atoms with E-state index >= 15 is 0 Å². The SMILES string of the molecule is CCC=C(C)C(=O)OOc1cccc2ccccc12. The van der Waals surface area contributed by atoms with E-state index in [-0.39, 0.29) is 0 Å². The molecule has 3 nitrogen and oxygen atoms in total. The van der Waals surface area contributed by atoms with E-state index in [4.69, 9.17) is 9.78 Å². The van der Waals surface area contributed by atoms with Gasteiger partial charge in [-0.1, -0.05) is 49.4 Å². The van der Waals surface area contributed by atoms with E-state index in [1.807, 2.05) is 43.3 Å². The molecule has 0 spiro atoms. The van der Waals surface area contributed by atoms with Gasteiger partial charge in [-0.2, -0.15) is 0 Å². The van der Waals surface area contributed by atoms with Crippen molar-refractivity contribution in [3.05, 3.63) is 54.1 Å². The third kappa shape index (κ3) is 3.13. The monoisotopic (exact) mass is 256 g/mol. The molecule has 0 unspecified atom stereocenters. The highest BCUT2D eigenvalue weighted by Crippen LogP contribution is 2.25. The number of allylic oxidation sites excluding steroid dienone is 1. The minimum absolute atomic E-state index is 0.463. The van der Waals surface area contributed by atoms with Crippen LogP contribution in [0.1, 0.15) is 20.3 Å². The number of benzene rings is 2. The van der Waals surface area contributed by atoms with Crippen LogP contribution in [0.5, 0.6) is 5.75 Å². The van der Waals surface area contributed by atoms with E-state index in [0.717, 1.165) is 17.2 Å². The molecule has 0 aliphatic heterocycles. The minimum atomic E-state index is -0.463. The van der Waals surface area contributed by atoms with E-state index in [1.54, 1.807) is 19.1 Å². The zero-order valence-corrected chi connectivity index (χ0v) is 11.1. The first-order valence-electron chi connectivity index (χ1n) is 6.25. The van der Waals surface area contributed by atoms with Crippen LogP contribution in [0.15, 0.2) is 54.1 Å². The molecule has 0 atom stereocenters. The molecule has 0 amide bonds. The predicted molar refractivity (Wildman–Crippen MR) is 74.7 cm³/mol. The molecule has 0 saturated carbocycles. The van der Waals surface area contributed by atoms with Crippen molar-refractivity contribution in [1.29, 1.82) is 0 Å². The molecule has 0 N–H and O–H groups in total. The molecule has 2 aromatic carbocycles. The first-order valence-corrected chi connectivity index (χ1v) is 6.25. The molecule has 2 rings (SSSR count). The van der Waals surface area contributed by atoms with Crippen LogP contribution in [0, 0.1) is 0 Å². The Morgan fingerprint density at radius 1 is 1.16 bits per heavy atom. The summed E-state index contributed by atoms with van der Waals surface area (Å²) in [4.78, 5) is 21.6. The first kappa shape index (κ1) is 13.1. The molecular formula is C16H16O3. The molecule has 0 radical (unpaired) electrons. The number of fused-ring (bicyclic) bond motifs is 1. The molecule has 0 aromatic heterocycles. The second kappa shape index (κ2) is 6.05. The Morgan fingerprint density at radius 2 is 1.89 bits per heavy atom. The van der Waals surface area contributed by atoms with E-state index in [0.29, 0.717) is 11.3 Å². The molecule has 19 heavy (non-hydrogen) atoms. The highest BCUT2D eigenvalue weighted by Gasteiger charge is 2.09. The maximum atomic E-state index is 11.6. The maximum absolute atomic E-state index is 11.6. The summed E-state index contributed by atoms with van der Waals surface area (Å²) in [6.45, 7) is 3.67. The van der Waals surface area contributed by atoms with Gasteiger partial charge in [0, 0.05) is 11.0 Å². The van der Waals surface area contributed by atoms with Crippen LogP contribution in [0.3, 0.4) is 0 Å². The molecule has 98 valence electrons. The predicted octanol–water partition coefficient (Wildman–Crippen LogP) is 4.03. The number of carbonyl (C=O) groups is 1. The highest BCUT2D eigenvalue weighted by molar-refractivity contribution is 5.89. The molecule has 3 heteroatoms. The number of carbonyl (C=O) groups excluding carboxylic acids is 1. The van der Waals surface area contributed by atoms with Crippen molar-refractivity contribution in [2.24, 2.45) is 0 Å². The lowest BCUT2D eigenvalue weighted by molar-refractivity contribution is -0.208. The van der Waals surface area contributed by atoms with Crippen molar-refractivity contribution in [3.8, 4) is 5.75 Å². The summed E-state index contributed by atoms with van der Waals surface area (Å²) in [7, 11) is 0. The Hall–Kier alpha value is -2.29. The third-order valence-corrected chi connectivity index (χ3v) is 2.79. The number of rotatable bonds is 4. The van der Waals surface area contributed by atoms with Gasteiger partial charge in [-0.25, -0.2) is 9.68 Å². The topological polar surface area (TPSA) is 35.5 Å². The van der Waals surface area contributed by atoms with Gasteiger partial charge in [-0.15, -0.1) is 0 Å². The van der Waals surface area contributed by atoms with Crippen LogP contribution in [-0.2, 0) is 9.68 Å². The van der Waals surface area contributed by atoms with Gasteiger partial charge in [0.25, 0.3) is 0 Å². The summed E-state index contributed by atoms with van der Waals surface area (Å²) in [5, 5.41) is 1.95. The molecule has 0 saturated heterocycles. The summed E-state index contributed by atoms with van der Waals surface area (Å²) in [5.74, 6) is 0.0746. The van der Waals surface area contributed by atoms with Crippen LogP contribution < -0.4 is 4.89 Å². The smallest absolute Gasteiger partial charge is 0.286 e. The van der Waals surface area contributed by atoms with Gasteiger partial charge in [0.15, 0.2) is 5.75 Å². The molecule has 0 fully saturated rings. The van der Waals surface area contributed by atoms with Crippen molar-refractivity contribution in [1.82, 2.24) is 0 Å². The Labute approximate surface area is 112 Å². The largest absolute Gasteiger partial charge is 0.381 e. The Kier molecular flexibility index (Phi) is 4.18. The van der Waals surface area contributed by atoms with Crippen molar-refractivity contribution < 1.29 is 14.6 Å². The van der Waals surface area contributed by atoms with Gasteiger partial charge in [0.1, 0.15) is 0 Å². The van der Waals surface area contributed by atoms with Crippen molar-refractivity contribution in [2.75, 3.05) is 0 Å². The molecule has 2 aromatic rings. The van der Waals surface area contributed by atoms with Gasteiger partial charge >= 0.3 is 5.97 Å². The zero-order valence-electron chi connectivity index (χ0n) is 11.1. The van der Waals surface area contributed by atoms with E-state index in [1.165, 1.54) is 0 Å². The van der Waals surface area contributed by atoms with Gasteiger partial charge in [0.2, 0.25) is 0 Å². The summed E-state index contributed by atoms with van der Waals surface area (Å²) >= 11 is 0. The Bertz CT molecular complexity index is 609. The zero-order chi connectivity index (χ0) is 13.7. The fourth-order valence-electron chi connectivity index (χ4n) is 1.81. The highest BCUT2D eigenvalue weighted by atomic mass is 17.2. The molecule has 0 heterocycles. The lowest BCUT2D eigenvalue weighted by Gasteiger charge is -2.07. The average molecular weight is 256 g/mol. The second-order valence-corrected chi connectivity index (χ2v) is 4.23. The van der Waals surface area contributed by atoms with Crippen LogP contribution in [-0.4, -0.2) is 5.97 Å². The molecule has 0 aliphatic carbocycles. The van der Waals surface area contributed by atoms with Gasteiger partial charge in [0.05, 0.1) is 0 Å². The maximum Gasteiger partial charge on any atom is 0.381 e. The van der Waals surface area contributed by atoms with E-state index < -0.39 is 5.97 Å². The minimum Gasteiger partial charge on any atom is -0.286 e. The molecule has 0 aliphatic rings. The average Bonchev–Trinajstić information content (AvgIpc) is 2.45. The standard InChI is InChI=1S/C16H16O3/c1-3-7-12(2)16(17)19-18-15-11-6-9-13-8-4-5-10-14(13)15/h4-11H,3H2,1-2H3. The molecule has 0 bridgehead atoms.